The predicted octanol–water partition coefficient (Wildman–Crippen LogP) is 2.23. The molecule has 0 radical (unpaired) electrons. The highest BCUT2D eigenvalue weighted by molar-refractivity contribution is 9.10. The third kappa shape index (κ3) is 3.68. The monoisotopic (exact) mass is 473 g/mol. The third-order valence-electron chi connectivity index (χ3n) is 5.31. The number of carbonyl (C=O) groups excluding carboxylic acids is 1. The highest BCUT2D eigenvalue weighted by Crippen LogP contribution is 2.31. The Hall–Kier alpha value is -3.18. The van der Waals surface area contributed by atoms with Crippen LogP contribution in [0.25, 0.3) is 11.0 Å². The van der Waals surface area contributed by atoms with E-state index in [1.807, 2.05) is 17.0 Å². The van der Waals surface area contributed by atoms with E-state index in [2.05, 4.69) is 36.2 Å². The van der Waals surface area contributed by atoms with Crippen LogP contribution in [0.1, 0.15) is 12.8 Å². The Balaban J connectivity index is 1.59. The van der Waals surface area contributed by atoms with Gasteiger partial charge in [-0.15, -0.1) is 0 Å². The van der Waals surface area contributed by atoms with Crippen LogP contribution in [0.5, 0.6) is 0 Å². The van der Waals surface area contributed by atoms with Crippen molar-refractivity contribution in [1.29, 1.82) is 0 Å². The Kier molecular flexibility index (Phi) is 5.31. The Morgan fingerprint density at radius 3 is 2.73 bits per heavy atom. The number of nitrogens with two attached hydrogens (primary N) is 1. The zero-order chi connectivity index (χ0) is 21.3. The van der Waals surface area contributed by atoms with E-state index in [1.54, 1.807) is 24.4 Å². The molecule has 0 bridgehead atoms. The van der Waals surface area contributed by atoms with Crippen molar-refractivity contribution >= 4 is 50.5 Å². The lowest BCUT2D eigenvalue weighted by Gasteiger charge is -2.42. The van der Waals surface area contributed by atoms with Gasteiger partial charge in [0.1, 0.15) is 23.3 Å². The second-order valence-corrected chi connectivity index (χ2v) is 8.01. The van der Waals surface area contributed by atoms with Crippen molar-refractivity contribution in [2.75, 3.05) is 23.0 Å². The zero-order valence-corrected chi connectivity index (χ0v) is 17.5. The van der Waals surface area contributed by atoms with E-state index >= 15 is 0 Å². The number of carboxylic acid groups (broad SMARTS) is 1. The summed E-state index contributed by atoms with van der Waals surface area (Å²) in [6.45, 7) is 0.852. The molecule has 2 aromatic heterocycles. The fraction of sp³-hybridized carbons (Fsp3) is 0.263. The zero-order valence-electron chi connectivity index (χ0n) is 15.9. The molecule has 1 aliphatic rings. The van der Waals surface area contributed by atoms with Gasteiger partial charge in [-0.1, -0.05) is 22.0 Å². The van der Waals surface area contributed by atoms with Gasteiger partial charge in [0, 0.05) is 23.8 Å². The lowest BCUT2D eigenvalue weighted by atomic mass is 9.86. The van der Waals surface area contributed by atoms with Crippen molar-refractivity contribution in [3.05, 3.63) is 47.3 Å². The first kappa shape index (κ1) is 20.1. The number of nitrogens with one attached hydrogen (secondary N) is 2. The summed E-state index contributed by atoms with van der Waals surface area (Å²) in [4.78, 5) is 38.4. The molecular formula is C19H20BrN7O3. The number of H-pyrrole nitrogens is 1. The molecular weight excluding hydrogens is 454 g/mol. The molecule has 0 atom stereocenters. The van der Waals surface area contributed by atoms with Crippen LogP contribution < -0.4 is 21.1 Å². The number of benzene rings is 1. The molecule has 3 heterocycles. The number of carbonyl (C=O) groups is 2. The molecule has 10 nitrogen and oxygen atoms in total. The molecule has 156 valence electrons. The molecule has 0 unspecified atom stereocenters. The number of aromatic nitrogens is 3. The highest BCUT2D eigenvalue weighted by Gasteiger charge is 2.45. The summed E-state index contributed by atoms with van der Waals surface area (Å²) in [5, 5.41) is 13.7. The lowest BCUT2D eigenvalue weighted by molar-refractivity contribution is -0.125. The van der Waals surface area contributed by atoms with Gasteiger partial charge < -0.3 is 20.3 Å². The molecule has 11 heteroatoms. The number of aromatic amines is 1. The number of rotatable bonds is 4. The first-order valence-electron chi connectivity index (χ1n) is 9.29. The molecule has 5 N–H and O–H groups in total. The van der Waals surface area contributed by atoms with Crippen molar-refractivity contribution in [3.8, 4) is 0 Å². The van der Waals surface area contributed by atoms with E-state index < -0.39 is 17.5 Å². The number of nitrogens with zero attached hydrogens (tertiary/aromatic N) is 4. The van der Waals surface area contributed by atoms with Gasteiger partial charge in [0.15, 0.2) is 0 Å². The number of hydrogen-bond donors (Lipinski definition) is 4. The van der Waals surface area contributed by atoms with Gasteiger partial charge in [0.2, 0.25) is 0 Å². The second kappa shape index (κ2) is 7.92. The summed E-state index contributed by atoms with van der Waals surface area (Å²) in [5.74, 6) is 6.34. The fourth-order valence-corrected chi connectivity index (χ4v) is 4.17. The first-order valence-corrected chi connectivity index (χ1v) is 10.1. The van der Waals surface area contributed by atoms with Crippen molar-refractivity contribution in [3.63, 3.8) is 0 Å². The minimum atomic E-state index is -1.33. The Morgan fingerprint density at radius 2 is 2.03 bits per heavy atom. The Labute approximate surface area is 180 Å². The molecule has 0 aliphatic carbocycles. The van der Waals surface area contributed by atoms with E-state index in [0.29, 0.717) is 18.8 Å². The van der Waals surface area contributed by atoms with Crippen molar-refractivity contribution in [1.82, 2.24) is 20.3 Å². The minimum Gasteiger partial charge on any atom is -0.465 e. The molecule has 30 heavy (non-hydrogen) atoms. The molecule has 3 aromatic rings. The number of piperidine rings is 1. The summed E-state index contributed by atoms with van der Waals surface area (Å²) in [7, 11) is 0. The van der Waals surface area contributed by atoms with Gasteiger partial charge in [-0.25, -0.2) is 25.6 Å². The Morgan fingerprint density at radius 1 is 1.27 bits per heavy atom. The van der Waals surface area contributed by atoms with Gasteiger partial charge in [-0.3, -0.25) is 4.79 Å². The average Bonchev–Trinajstić information content (AvgIpc) is 3.22. The van der Waals surface area contributed by atoms with Crippen LogP contribution in [0.15, 0.2) is 47.3 Å². The van der Waals surface area contributed by atoms with Crippen LogP contribution in [-0.4, -0.2) is 50.7 Å². The number of anilines is 2. The summed E-state index contributed by atoms with van der Waals surface area (Å²) >= 11 is 3.35. The van der Waals surface area contributed by atoms with Gasteiger partial charge in [0.25, 0.3) is 5.91 Å². The van der Waals surface area contributed by atoms with E-state index in [0.717, 1.165) is 26.3 Å². The van der Waals surface area contributed by atoms with Gasteiger partial charge in [-0.05, 0) is 37.1 Å². The van der Waals surface area contributed by atoms with E-state index in [4.69, 9.17) is 5.84 Å². The van der Waals surface area contributed by atoms with E-state index in [9.17, 15) is 14.7 Å². The number of amides is 2. The second-order valence-electron chi connectivity index (χ2n) is 7.09. The number of fused-ring (bicyclic) bond motifs is 1. The normalized spacial score (nSPS) is 15.7. The van der Waals surface area contributed by atoms with Gasteiger partial charge >= 0.3 is 6.09 Å². The van der Waals surface area contributed by atoms with Crippen molar-refractivity contribution < 1.29 is 14.7 Å². The molecule has 1 aromatic carbocycles. The quantitative estimate of drug-likeness (QED) is 0.258. The number of halogens is 1. The fourth-order valence-electron chi connectivity index (χ4n) is 3.78. The van der Waals surface area contributed by atoms with E-state index in [-0.39, 0.29) is 12.8 Å². The molecule has 0 spiro atoms. The molecule has 1 fully saturated rings. The summed E-state index contributed by atoms with van der Waals surface area (Å²) in [5.41, 5.74) is -0.142. The van der Waals surface area contributed by atoms with Crippen LogP contribution in [0.4, 0.5) is 16.3 Å². The van der Waals surface area contributed by atoms with Gasteiger partial charge in [0.05, 0.1) is 11.1 Å². The maximum atomic E-state index is 13.3. The maximum absolute atomic E-state index is 13.3. The standard InChI is InChI=1S/C19H20BrN7O3/c20-12-2-1-3-13(10-12)27(21)17(28)19(25-18(29)30)5-8-26(9-6-19)16-14-4-7-22-15(14)23-11-24-16/h1-4,7,10-11,25H,5-6,8-9,21H2,(H,29,30)(H,22,23,24). The topological polar surface area (TPSA) is 140 Å². The smallest absolute Gasteiger partial charge is 0.405 e. The van der Waals surface area contributed by atoms with Crippen LogP contribution in [-0.2, 0) is 4.79 Å². The van der Waals surface area contributed by atoms with Crippen LogP contribution >= 0.6 is 15.9 Å². The van der Waals surface area contributed by atoms with Crippen molar-refractivity contribution in [2.24, 2.45) is 5.84 Å². The Bertz CT molecular complexity index is 1090. The maximum Gasteiger partial charge on any atom is 0.405 e. The van der Waals surface area contributed by atoms with Crippen LogP contribution in [0.2, 0.25) is 0 Å². The van der Waals surface area contributed by atoms with Crippen LogP contribution in [0, 0.1) is 0 Å². The molecule has 1 aliphatic heterocycles. The molecule has 1 saturated heterocycles. The lowest BCUT2D eigenvalue weighted by Crippen LogP contribution is -2.65. The summed E-state index contributed by atoms with van der Waals surface area (Å²) in [6.07, 6.45) is 2.49. The van der Waals surface area contributed by atoms with E-state index in [1.165, 1.54) is 6.33 Å². The first-order chi connectivity index (χ1) is 14.4. The summed E-state index contributed by atoms with van der Waals surface area (Å²) < 4.78 is 0.762. The largest absolute Gasteiger partial charge is 0.465 e. The van der Waals surface area contributed by atoms with Crippen molar-refractivity contribution in [2.45, 2.75) is 18.4 Å². The highest BCUT2D eigenvalue weighted by atomic mass is 79.9. The minimum absolute atomic E-state index is 0.246. The molecule has 4 rings (SSSR count). The SMILES string of the molecule is NN(C(=O)C1(NC(=O)O)CCN(c2ncnc3[nH]ccc23)CC1)c1cccc(Br)c1. The average molecular weight is 474 g/mol. The predicted molar refractivity (Wildman–Crippen MR) is 115 cm³/mol. The number of hydrazine groups is 1. The molecule has 0 saturated carbocycles. The number of hydrogen-bond acceptors (Lipinski definition) is 6. The third-order valence-corrected chi connectivity index (χ3v) is 5.80. The van der Waals surface area contributed by atoms with Crippen LogP contribution in [0.3, 0.4) is 0 Å². The molecule has 2 amide bonds. The van der Waals surface area contributed by atoms with Gasteiger partial charge in [-0.2, -0.15) is 0 Å². The summed E-state index contributed by atoms with van der Waals surface area (Å²) in [6, 6.07) is 8.85.